The van der Waals surface area contributed by atoms with Gasteiger partial charge in [0, 0.05) is 23.3 Å². The number of rotatable bonds is 5. The first-order chi connectivity index (χ1) is 14.0. The predicted octanol–water partition coefficient (Wildman–Crippen LogP) is 3.74. The van der Waals surface area contributed by atoms with Crippen molar-refractivity contribution < 1.29 is 9.53 Å². The molecule has 3 aromatic rings. The molecule has 0 aliphatic heterocycles. The molecular weight excluding hydrogens is 386 g/mol. The molecule has 1 aromatic carbocycles. The summed E-state index contributed by atoms with van der Waals surface area (Å²) in [5.74, 6) is 0.397. The van der Waals surface area contributed by atoms with E-state index in [1.165, 1.54) is 17.5 Å². The van der Waals surface area contributed by atoms with E-state index >= 15 is 0 Å². The van der Waals surface area contributed by atoms with E-state index in [0.717, 1.165) is 42.7 Å². The van der Waals surface area contributed by atoms with Crippen molar-refractivity contribution in [1.29, 1.82) is 0 Å². The quantitative estimate of drug-likeness (QED) is 0.649. The maximum atomic E-state index is 13.0. The van der Waals surface area contributed by atoms with E-state index in [0.29, 0.717) is 11.5 Å². The van der Waals surface area contributed by atoms with Gasteiger partial charge in [0.15, 0.2) is 4.96 Å². The third-order valence-corrected chi connectivity index (χ3v) is 6.20. The summed E-state index contributed by atoms with van der Waals surface area (Å²) in [4.78, 5) is 32.0. The van der Waals surface area contributed by atoms with Crippen LogP contribution in [0.25, 0.3) is 4.96 Å². The molecule has 0 saturated heterocycles. The first-order valence-electron chi connectivity index (χ1n) is 10.1. The largest absolute Gasteiger partial charge is 0.491 e. The first-order valence-corrected chi connectivity index (χ1v) is 10.9. The number of thiazole rings is 1. The number of aromatic nitrogens is 2. The molecule has 2 heterocycles. The molecule has 1 aliphatic carbocycles. The van der Waals surface area contributed by atoms with Crippen molar-refractivity contribution in [2.45, 2.75) is 58.6 Å². The van der Waals surface area contributed by atoms with Crippen molar-refractivity contribution in [3.05, 3.63) is 62.5 Å². The molecule has 0 atom stereocenters. The Morgan fingerprint density at radius 2 is 1.97 bits per heavy atom. The Labute approximate surface area is 173 Å². The highest BCUT2D eigenvalue weighted by Crippen LogP contribution is 2.27. The number of hydrogen-bond donors (Lipinski definition) is 1. The maximum Gasteiger partial charge on any atom is 0.271 e. The van der Waals surface area contributed by atoms with E-state index in [4.69, 9.17) is 4.74 Å². The number of hydrogen-bond acceptors (Lipinski definition) is 5. The molecule has 4 rings (SSSR count). The van der Waals surface area contributed by atoms with Crippen LogP contribution in [0, 0.1) is 0 Å². The number of carbonyl (C=O) groups excluding carboxylic acids is 1. The average molecular weight is 412 g/mol. The monoisotopic (exact) mass is 411 g/mol. The third-order valence-electron chi connectivity index (χ3n) is 5.05. The Morgan fingerprint density at radius 1 is 1.21 bits per heavy atom. The van der Waals surface area contributed by atoms with E-state index in [2.05, 4.69) is 10.3 Å². The lowest BCUT2D eigenvalue weighted by Gasteiger charge is -2.10. The number of carbonyl (C=O) groups is 1. The number of amides is 1. The molecule has 0 radical (unpaired) electrons. The van der Waals surface area contributed by atoms with Crippen LogP contribution in [0.15, 0.2) is 35.3 Å². The minimum atomic E-state index is -0.395. The molecule has 1 aliphatic rings. The molecule has 1 amide bonds. The average Bonchev–Trinajstić information content (AvgIpc) is 2.89. The van der Waals surface area contributed by atoms with E-state index in [-0.39, 0.29) is 17.2 Å². The van der Waals surface area contributed by atoms with E-state index in [9.17, 15) is 9.59 Å². The summed E-state index contributed by atoms with van der Waals surface area (Å²) in [6, 6.07) is 7.57. The molecule has 0 unspecified atom stereocenters. The Morgan fingerprint density at radius 3 is 2.72 bits per heavy atom. The zero-order chi connectivity index (χ0) is 20.4. The topological polar surface area (TPSA) is 72.7 Å². The zero-order valence-electron chi connectivity index (χ0n) is 16.7. The zero-order valence-corrected chi connectivity index (χ0v) is 17.6. The molecule has 29 heavy (non-hydrogen) atoms. The highest BCUT2D eigenvalue weighted by atomic mass is 32.1. The standard InChI is InChI=1S/C22H25N3O3S/c1-14(2)28-16-10-8-15(9-11-16)12-23-20(26)17-13-24-22-25(21(17)27)18-6-4-3-5-7-19(18)29-22/h8-11,13-14H,3-7,12H2,1-2H3,(H,23,26). The normalized spacial score (nSPS) is 13.9. The molecule has 0 spiro atoms. The first kappa shape index (κ1) is 19.6. The number of nitrogens with zero attached hydrogens (tertiary/aromatic N) is 2. The lowest BCUT2D eigenvalue weighted by molar-refractivity contribution is 0.0949. The summed E-state index contributed by atoms with van der Waals surface area (Å²) in [5, 5.41) is 2.84. The van der Waals surface area contributed by atoms with Crippen molar-refractivity contribution in [1.82, 2.24) is 14.7 Å². The number of benzene rings is 1. The van der Waals surface area contributed by atoms with Gasteiger partial charge >= 0.3 is 0 Å². The fourth-order valence-corrected chi connectivity index (χ4v) is 4.80. The number of aryl methyl sites for hydroxylation is 2. The van der Waals surface area contributed by atoms with Gasteiger partial charge in [-0.05, 0) is 57.2 Å². The fourth-order valence-electron chi connectivity index (χ4n) is 3.64. The predicted molar refractivity (Wildman–Crippen MR) is 114 cm³/mol. The third kappa shape index (κ3) is 4.19. The Balaban J connectivity index is 1.52. The minimum Gasteiger partial charge on any atom is -0.491 e. The molecular formula is C22H25N3O3S. The van der Waals surface area contributed by atoms with Crippen LogP contribution in [0.4, 0.5) is 0 Å². The Bertz CT molecular complexity index is 1080. The summed E-state index contributed by atoms with van der Waals surface area (Å²) in [7, 11) is 0. The number of fused-ring (bicyclic) bond motifs is 3. The van der Waals surface area contributed by atoms with Gasteiger partial charge in [-0.1, -0.05) is 18.6 Å². The maximum absolute atomic E-state index is 13.0. The van der Waals surface area contributed by atoms with E-state index in [1.54, 1.807) is 15.7 Å². The molecule has 2 aromatic heterocycles. The van der Waals surface area contributed by atoms with Crippen LogP contribution in [0.5, 0.6) is 5.75 Å². The smallest absolute Gasteiger partial charge is 0.271 e. The summed E-state index contributed by atoms with van der Waals surface area (Å²) >= 11 is 1.57. The van der Waals surface area contributed by atoms with Crippen LogP contribution in [0.2, 0.25) is 0 Å². The SMILES string of the molecule is CC(C)Oc1ccc(CNC(=O)c2cnc3sc4c(n3c2=O)CCCCC4)cc1. The molecule has 1 N–H and O–H groups in total. The number of ether oxygens (including phenoxy) is 1. The van der Waals surface area contributed by atoms with Crippen LogP contribution in [0.1, 0.15) is 59.6 Å². The molecule has 7 heteroatoms. The molecule has 0 saturated carbocycles. The van der Waals surface area contributed by atoms with Gasteiger partial charge in [0.25, 0.3) is 11.5 Å². The van der Waals surface area contributed by atoms with Gasteiger partial charge in [-0.2, -0.15) is 0 Å². The van der Waals surface area contributed by atoms with Gasteiger partial charge in [-0.3, -0.25) is 14.0 Å². The van der Waals surface area contributed by atoms with Gasteiger partial charge in [0.05, 0.1) is 6.10 Å². The fraction of sp³-hybridized carbons (Fsp3) is 0.409. The van der Waals surface area contributed by atoms with Gasteiger partial charge in [0.1, 0.15) is 11.3 Å². The van der Waals surface area contributed by atoms with Gasteiger partial charge < -0.3 is 10.1 Å². The van der Waals surface area contributed by atoms with Crippen LogP contribution in [0.3, 0.4) is 0 Å². The summed E-state index contributed by atoms with van der Waals surface area (Å²) in [6.07, 6.45) is 6.76. The van der Waals surface area contributed by atoms with Crippen molar-refractivity contribution >= 4 is 22.2 Å². The Hall–Kier alpha value is -2.67. The summed E-state index contributed by atoms with van der Waals surface area (Å²) in [5.41, 5.74) is 1.79. The summed E-state index contributed by atoms with van der Waals surface area (Å²) in [6.45, 7) is 4.29. The molecule has 0 fully saturated rings. The lowest BCUT2D eigenvalue weighted by Crippen LogP contribution is -2.31. The van der Waals surface area contributed by atoms with Crippen LogP contribution in [-0.2, 0) is 19.4 Å². The van der Waals surface area contributed by atoms with Crippen molar-refractivity contribution in [3.8, 4) is 5.75 Å². The number of nitrogens with one attached hydrogen (secondary N) is 1. The van der Waals surface area contributed by atoms with Crippen molar-refractivity contribution in [2.75, 3.05) is 0 Å². The van der Waals surface area contributed by atoms with Crippen LogP contribution in [-0.4, -0.2) is 21.4 Å². The highest BCUT2D eigenvalue weighted by molar-refractivity contribution is 7.17. The Kier molecular flexibility index (Phi) is 5.67. The van der Waals surface area contributed by atoms with E-state index in [1.807, 2.05) is 38.1 Å². The van der Waals surface area contributed by atoms with Crippen LogP contribution >= 0.6 is 11.3 Å². The van der Waals surface area contributed by atoms with E-state index < -0.39 is 5.91 Å². The lowest BCUT2D eigenvalue weighted by atomic mass is 10.2. The highest BCUT2D eigenvalue weighted by Gasteiger charge is 2.20. The second kappa shape index (κ2) is 8.37. The van der Waals surface area contributed by atoms with Crippen molar-refractivity contribution in [2.24, 2.45) is 0 Å². The molecule has 152 valence electrons. The summed E-state index contributed by atoms with van der Waals surface area (Å²) < 4.78 is 7.28. The van der Waals surface area contributed by atoms with Gasteiger partial charge in [-0.25, -0.2) is 4.98 Å². The second-order valence-corrected chi connectivity index (χ2v) is 8.68. The second-order valence-electron chi connectivity index (χ2n) is 7.62. The molecule has 0 bridgehead atoms. The van der Waals surface area contributed by atoms with Crippen LogP contribution < -0.4 is 15.6 Å². The van der Waals surface area contributed by atoms with Gasteiger partial charge in [-0.15, -0.1) is 11.3 Å². The van der Waals surface area contributed by atoms with Gasteiger partial charge in [0.2, 0.25) is 0 Å². The minimum absolute atomic E-state index is 0.0899. The molecule has 6 nitrogen and oxygen atoms in total. The van der Waals surface area contributed by atoms with Crippen molar-refractivity contribution in [3.63, 3.8) is 0 Å².